The summed E-state index contributed by atoms with van der Waals surface area (Å²) >= 11 is 0. The van der Waals surface area contributed by atoms with Gasteiger partial charge in [0.15, 0.2) is 0 Å². The smallest absolute Gasteiger partial charge is 0.334 e. The van der Waals surface area contributed by atoms with Crippen LogP contribution < -0.4 is 0 Å². The minimum atomic E-state index is -0.937. The summed E-state index contributed by atoms with van der Waals surface area (Å²) in [6.45, 7) is 5.64. The Kier molecular flexibility index (Phi) is 6.21. The Hall–Kier alpha value is -1.85. The van der Waals surface area contributed by atoms with Crippen molar-refractivity contribution < 1.29 is 28.6 Å². The van der Waals surface area contributed by atoms with Gasteiger partial charge in [-0.1, -0.05) is 6.08 Å². The maximum Gasteiger partial charge on any atom is 0.334 e. The van der Waals surface area contributed by atoms with Crippen LogP contribution in [0, 0.1) is 11.8 Å². The molecule has 0 aromatic carbocycles. The molecule has 1 rings (SSSR count). The zero-order valence-electron chi connectivity index (χ0n) is 12.0. The molecule has 0 aromatic rings. The fourth-order valence-corrected chi connectivity index (χ4v) is 2.16. The first-order valence-corrected chi connectivity index (χ1v) is 6.77. The van der Waals surface area contributed by atoms with E-state index in [2.05, 4.69) is 0 Å². The van der Waals surface area contributed by atoms with E-state index in [1.54, 1.807) is 26.8 Å². The maximum atomic E-state index is 12.0. The fourth-order valence-electron chi connectivity index (χ4n) is 2.16. The molecular weight excluding hydrogens is 264 g/mol. The van der Waals surface area contributed by atoms with E-state index in [0.29, 0.717) is 0 Å². The van der Waals surface area contributed by atoms with Gasteiger partial charge in [0.25, 0.3) is 0 Å². The van der Waals surface area contributed by atoms with Gasteiger partial charge in [0.05, 0.1) is 25.7 Å². The quantitative estimate of drug-likeness (QED) is 0.539. The molecule has 0 unspecified atom stereocenters. The number of carbonyl (C=O) groups is 3. The molecule has 6 nitrogen and oxygen atoms in total. The summed E-state index contributed by atoms with van der Waals surface area (Å²) in [7, 11) is 0. The van der Waals surface area contributed by atoms with Gasteiger partial charge in [-0.2, -0.15) is 0 Å². The Bertz CT molecular complexity index is 412. The molecule has 6 heteroatoms. The molecule has 0 bridgehead atoms. The summed E-state index contributed by atoms with van der Waals surface area (Å²) in [6.07, 6.45) is 1.83. The Morgan fingerprint density at radius 2 is 1.55 bits per heavy atom. The van der Waals surface area contributed by atoms with Gasteiger partial charge in [0.2, 0.25) is 0 Å². The summed E-state index contributed by atoms with van der Waals surface area (Å²) in [5, 5.41) is 0. The van der Waals surface area contributed by atoms with E-state index in [1.807, 2.05) is 0 Å². The summed E-state index contributed by atoms with van der Waals surface area (Å²) in [4.78, 5) is 35.7. The molecule has 0 saturated heterocycles. The molecule has 0 N–H and O–H groups in total. The first-order chi connectivity index (χ1) is 9.56. The van der Waals surface area contributed by atoms with E-state index in [-0.39, 0.29) is 31.8 Å². The monoisotopic (exact) mass is 284 g/mol. The van der Waals surface area contributed by atoms with Crippen LogP contribution in [0.3, 0.4) is 0 Å². The molecule has 1 aliphatic rings. The summed E-state index contributed by atoms with van der Waals surface area (Å²) in [5.41, 5.74) is 0.184. The van der Waals surface area contributed by atoms with E-state index in [0.717, 1.165) is 0 Å². The van der Waals surface area contributed by atoms with Gasteiger partial charge in [-0.3, -0.25) is 9.59 Å². The van der Waals surface area contributed by atoms with Gasteiger partial charge in [-0.15, -0.1) is 0 Å². The first-order valence-electron chi connectivity index (χ1n) is 6.77. The van der Waals surface area contributed by atoms with Gasteiger partial charge in [-0.25, -0.2) is 4.79 Å². The molecule has 0 radical (unpaired) electrons. The van der Waals surface area contributed by atoms with E-state index < -0.39 is 29.7 Å². The number of ether oxygens (including phenoxy) is 3. The average Bonchev–Trinajstić information content (AvgIpc) is 2.84. The van der Waals surface area contributed by atoms with E-state index in [9.17, 15) is 14.4 Å². The Morgan fingerprint density at radius 3 is 2.10 bits per heavy atom. The van der Waals surface area contributed by atoms with Gasteiger partial charge in [0, 0.05) is 5.57 Å². The van der Waals surface area contributed by atoms with Crippen LogP contribution in [-0.2, 0) is 28.6 Å². The van der Waals surface area contributed by atoms with Gasteiger partial charge < -0.3 is 14.2 Å². The number of hydrogen-bond donors (Lipinski definition) is 0. The van der Waals surface area contributed by atoms with Gasteiger partial charge in [-0.05, 0) is 27.2 Å². The lowest BCUT2D eigenvalue weighted by Gasteiger charge is -2.19. The maximum absolute atomic E-state index is 12.0. The van der Waals surface area contributed by atoms with Crippen LogP contribution in [0.5, 0.6) is 0 Å². The van der Waals surface area contributed by atoms with Crippen LogP contribution in [0.1, 0.15) is 27.2 Å². The molecule has 112 valence electrons. The summed E-state index contributed by atoms with van der Waals surface area (Å²) in [6, 6.07) is 0. The Balaban J connectivity index is 2.93. The highest BCUT2D eigenvalue weighted by Crippen LogP contribution is 2.34. The number of esters is 3. The van der Waals surface area contributed by atoms with Crippen LogP contribution in [-0.4, -0.2) is 37.7 Å². The van der Waals surface area contributed by atoms with Crippen molar-refractivity contribution in [2.24, 2.45) is 11.8 Å². The van der Waals surface area contributed by atoms with Crippen molar-refractivity contribution in [2.75, 3.05) is 19.8 Å². The van der Waals surface area contributed by atoms with E-state index in [4.69, 9.17) is 14.2 Å². The predicted molar refractivity (Wildman–Crippen MR) is 69.6 cm³/mol. The normalized spacial score (nSPS) is 21.1. The SMILES string of the molecule is CCOC(=O)C1=CC[C@H](C(=O)OCC)[C@H]1C(=O)OCC. The molecule has 1 aliphatic carbocycles. The third kappa shape index (κ3) is 3.59. The number of hydrogen-bond acceptors (Lipinski definition) is 6. The highest BCUT2D eigenvalue weighted by Gasteiger charge is 2.44. The predicted octanol–water partition coefficient (Wildman–Crippen LogP) is 1.24. The highest BCUT2D eigenvalue weighted by molar-refractivity contribution is 5.99. The number of carbonyl (C=O) groups excluding carboxylic acids is 3. The van der Waals surface area contributed by atoms with Crippen molar-refractivity contribution in [3.05, 3.63) is 11.6 Å². The third-order valence-electron chi connectivity index (χ3n) is 2.97. The second-order valence-electron chi connectivity index (χ2n) is 4.20. The molecule has 2 atom stereocenters. The summed E-state index contributed by atoms with van der Waals surface area (Å²) < 4.78 is 14.8. The van der Waals surface area contributed by atoms with E-state index in [1.165, 1.54) is 0 Å². The van der Waals surface area contributed by atoms with Gasteiger partial charge in [0.1, 0.15) is 5.92 Å². The molecule has 0 saturated carbocycles. The molecule has 0 amide bonds. The average molecular weight is 284 g/mol. The third-order valence-corrected chi connectivity index (χ3v) is 2.97. The van der Waals surface area contributed by atoms with Gasteiger partial charge >= 0.3 is 17.9 Å². The Morgan fingerprint density at radius 1 is 1.00 bits per heavy atom. The van der Waals surface area contributed by atoms with Crippen molar-refractivity contribution in [2.45, 2.75) is 27.2 Å². The van der Waals surface area contributed by atoms with Crippen molar-refractivity contribution in [3.63, 3.8) is 0 Å². The summed E-state index contributed by atoms with van der Waals surface area (Å²) in [5.74, 6) is -3.33. The molecule has 0 heterocycles. The van der Waals surface area contributed by atoms with Crippen molar-refractivity contribution in [1.82, 2.24) is 0 Å². The van der Waals surface area contributed by atoms with Crippen LogP contribution in [0.15, 0.2) is 11.6 Å². The standard InChI is InChI=1S/C14H20O6/c1-4-18-12(15)9-7-8-10(13(16)19-5-2)11(9)14(17)20-6-3/h7,10-11H,4-6,8H2,1-3H3/t10-,11-/m0/s1. The zero-order valence-corrected chi connectivity index (χ0v) is 12.0. The minimum absolute atomic E-state index is 0.182. The molecule has 20 heavy (non-hydrogen) atoms. The van der Waals surface area contributed by atoms with Crippen LogP contribution in [0.25, 0.3) is 0 Å². The lowest BCUT2D eigenvalue weighted by molar-refractivity contribution is -0.159. The number of rotatable bonds is 6. The molecule has 0 aliphatic heterocycles. The fraction of sp³-hybridized carbons (Fsp3) is 0.643. The number of allylic oxidation sites excluding steroid dienone is 1. The molecule has 0 aromatic heterocycles. The topological polar surface area (TPSA) is 78.9 Å². The van der Waals surface area contributed by atoms with Crippen LogP contribution in [0.2, 0.25) is 0 Å². The van der Waals surface area contributed by atoms with Crippen molar-refractivity contribution in [1.29, 1.82) is 0 Å². The largest absolute Gasteiger partial charge is 0.466 e. The van der Waals surface area contributed by atoms with E-state index >= 15 is 0 Å². The second kappa shape index (κ2) is 7.67. The highest BCUT2D eigenvalue weighted by atomic mass is 16.5. The zero-order chi connectivity index (χ0) is 15.1. The second-order valence-corrected chi connectivity index (χ2v) is 4.20. The van der Waals surface area contributed by atoms with Crippen LogP contribution >= 0.6 is 0 Å². The molecular formula is C14H20O6. The minimum Gasteiger partial charge on any atom is -0.466 e. The first kappa shape index (κ1) is 16.2. The van der Waals surface area contributed by atoms with Crippen molar-refractivity contribution >= 4 is 17.9 Å². The van der Waals surface area contributed by atoms with Crippen molar-refractivity contribution in [3.8, 4) is 0 Å². The molecule has 0 fully saturated rings. The molecule has 0 spiro atoms. The lowest BCUT2D eigenvalue weighted by atomic mass is 9.91. The lowest BCUT2D eigenvalue weighted by Crippen LogP contribution is -2.33. The Labute approximate surface area is 118 Å². The van der Waals surface area contributed by atoms with Crippen LogP contribution in [0.4, 0.5) is 0 Å².